The van der Waals surface area contributed by atoms with Crippen LogP contribution in [0, 0.1) is 5.92 Å². The zero-order valence-corrected chi connectivity index (χ0v) is 15.3. The number of thiophene rings is 1. The minimum atomic E-state index is -0.468. The van der Waals surface area contributed by atoms with Gasteiger partial charge in [-0.05, 0) is 57.0 Å². The van der Waals surface area contributed by atoms with Crippen molar-refractivity contribution in [2.45, 2.75) is 45.3 Å². The van der Waals surface area contributed by atoms with Crippen LogP contribution in [-0.2, 0) is 4.74 Å². The molecule has 1 saturated heterocycles. The number of ether oxygens (including phenoxy) is 1. The molecule has 0 radical (unpaired) electrons. The van der Waals surface area contributed by atoms with E-state index in [1.807, 2.05) is 32.9 Å². The van der Waals surface area contributed by atoms with Crippen molar-refractivity contribution in [3.05, 3.63) is 35.2 Å². The first kappa shape index (κ1) is 17.2. The average Bonchev–Trinajstić information content (AvgIpc) is 2.96. The summed E-state index contributed by atoms with van der Waals surface area (Å²) in [6.07, 6.45) is 0.893. The second-order valence-electron chi connectivity index (χ2n) is 7.44. The van der Waals surface area contributed by atoms with Crippen molar-refractivity contribution in [2.24, 2.45) is 5.92 Å². The lowest BCUT2D eigenvalue weighted by Crippen LogP contribution is -2.42. The third-order valence-corrected chi connectivity index (χ3v) is 5.56. The van der Waals surface area contributed by atoms with E-state index in [1.165, 1.54) is 10.1 Å². The number of carbonyl (C=O) groups is 1. The fraction of sp³-hybridized carbons (Fsp3) is 0.526. The van der Waals surface area contributed by atoms with E-state index in [-0.39, 0.29) is 12.0 Å². The maximum absolute atomic E-state index is 12.1. The molecule has 1 fully saturated rings. The van der Waals surface area contributed by atoms with Gasteiger partial charge in [-0.1, -0.05) is 18.2 Å². The first-order chi connectivity index (χ1) is 11.3. The van der Waals surface area contributed by atoms with Gasteiger partial charge in [0.2, 0.25) is 0 Å². The summed E-state index contributed by atoms with van der Waals surface area (Å²) in [5.74, 6) is 0.191. The van der Waals surface area contributed by atoms with E-state index in [0.29, 0.717) is 13.1 Å². The van der Waals surface area contributed by atoms with Crippen molar-refractivity contribution in [1.29, 1.82) is 0 Å². The molecule has 0 spiro atoms. The molecule has 2 aromatic rings. The first-order valence-electron chi connectivity index (χ1n) is 8.48. The lowest BCUT2D eigenvalue weighted by Gasteiger charge is -2.35. The van der Waals surface area contributed by atoms with Gasteiger partial charge in [0.15, 0.2) is 0 Å². The number of fused-ring (bicyclic) bond motifs is 1. The fourth-order valence-electron chi connectivity index (χ4n) is 3.10. The second-order valence-corrected chi connectivity index (χ2v) is 8.55. The van der Waals surface area contributed by atoms with E-state index >= 15 is 0 Å². The van der Waals surface area contributed by atoms with Crippen molar-refractivity contribution in [1.82, 2.24) is 4.90 Å². The Bertz CT molecular complexity index is 678. The molecule has 0 saturated carbocycles. The van der Waals surface area contributed by atoms with Crippen LogP contribution in [0.4, 0.5) is 4.79 Å². The van der Waals surface area contributed by atoms with Gasteiger partial charge < -0.3 is 14.7 Å². The quantitative estimate of drug-likeness (QED) is 0.865. The molecule has 1 unspecified atom stereocenters. The van der Waals surface area contributed by atoms with E-state index < -0.39 is 11.7 Å². The Hall–Kier alpha value is -1.59. The van der Waals surface area contributed by atoms with Crippen molar-refractivity contribution < 1.29 is 14.6 Å². The molecule has 4 nitrogen and oxygen atoms in total. The number of piperidine rings is 1. The number of hydrogen-bond donors (Lipinski definition) is 1. The van der Waals surface area contributed by atoms with Crippen LogP contribution < -0.4 is 0 Å². The van der Waals surface area contributed by atoms with E-state index in [4.69, 9.17) is 4.74 Å². The van der Waals surface area contributed by atoms with Crippen molar-refractivity contribution in [3.8, 4) is 0 Å². The Balaban J connectivity index is 1.60. The Morgan fingerprint density at radius 2 is 1.96 bits per heavy atom. The van der Waals surface area contributed by atoms with Gasteiger partial charge in [0.05, 0.1) is 6.10 Å². The SMILES string of the molecule is CC(C)(C)OC(=O)N1CCC(C(O)c2cc3ccccc3s2)CC1. The molecule has 1 aromatic carbocycles. The number of carbonyl (C=O) groups excluding carboxylic acids is 1. The van der Waals surface area contributed by atoms with E-state index in [9.17, 15) is 9.90 Å². The highest BCUT2D eigenvalue weighted by molar-refractivity contribution is 7.19. The van der Waals surface area contributed by atoms with Crippen LogP contribution in [0.3, 0.4) is 0 Å². The van der Waals surface area contributed by atoms with E-state index in [0.717, 1.165) is 17.7 Å². The predicted octanol–water partition coefficient (Wildman–Crippen LogP) is 4.58. The minimum absolute atomic E-state index is 0.191. The molecule has 1 aromatic heterocycles. The molecule has 0 bridgehead atoms. The number of amides is 1. The molecule has 0 aliphatic carbocycles. The summed E-state index contributed by atoms with van der Waals surface area (Å²) < 4.78 is 6.63. The van der Waals surface area contributed by atoms with E-state index in [1.54, 1.807) is 16.2 Å². The summed E-state index contributed by atoms with van der Waals surface area (Å²) in [5, 5.41) is 11.9. The Morgan fingerprint density at radius 3 is 2.58 bits per heavy atom. The zero-order valence-electron chi connectivity index (χ0n) is 14.5. The highest BCUT2D eigenvalue weighted by Gasteiger charge is 2.31. The van der Waals surface area contributed by atoms with Gasteiger partial charge in [-0.3, -0.25) is 0 Å². The number of rotatable bonds is 2. The van der Waals surface area contributed by atoms with Gasteiger partial charge >= 0.3 is 6.09 Å². The van der Waals surface area contributed by atoms with Gasteiger partial charge in [0.25, 0.3) is 0 Å². The van der Waals surface area contributed by atoms with Crippen LogP contribution in [-0.4, -0.2) is 34.8 Å². The maximum atomic E-state index is 12.1. The third kappa shape index (κ3) is 3.90. The highest BCUT2D eigenvalue weighted by Crippen LogP contribution is 2.37. The number of hydrogen-bond acceptors (Lipinski definition) is 4. The molecule has 1 aliphatic heterocycles. The maximum Gasteiger partial charge on any atom is 0.410 e. The molecule has 1 aliphatic rings. The Morgan fingerprint density at radius 1 is 1.29 bits per heavy atom. The lowest BCUT2D eigenvalue weighted by atomic mass is 9.90. The minimum Gasteiger partial charge on any atom is -0.444 e. The van der Waals surface area contributed by atoms with Gasteiger partial charge in [-0.15, -0.1) is 11.3 Å². The molecule has 1 amide bonds. The topological polar surface area (TPSA) is 49.8 Å². The number of nitrogens with zero attached hydrogens (tertiary/aromatic N) is 1. The van der Waals surface area contributed by atoms with Crippen LogP contribution in [0.1, 0.15) is 44.6 Å². The molecular formula is C19H25NO3S. The monoisotopic (exact) mass is 347 g/mol. The predicted molar refractivity (Wildman–Crippen MR) is 97.3 cm³/mol. The van der Waals surface area contributed by atoms with Gasteiger partial charge in [-0.25, -0.2) is 4.79 Å². The van der Waals surface area contributed by atoms with Gasteiger partial charge in [0, 0.05) is 22.7 Å². The molecule has 5 heteroatoms. The molecule has 1 N–H and O–H groups in total. The highest BCUT2D eigenvalue weighted by atomic mass is 32.1. The van der Waals surface area contributed by atoms with Gasteiger partial charge in [-0.2, -0.15) is 0 Å². The zero-order chi connectivity index (χ0) is 17.3. The number of likely N-dealkylation sites (tertiary alicyclic amines) is 1. The van der Waals surface area contributed by atoms with Gasteiger partial charge in [0.1, 0.15) is 5.60 Å². The van der Waals surface area contributed by atoms with Crippen LogP contribution in [0.5, 0.6) is 0 Å². The Labute approximate surface area is 147 Å². The number of aliphatic hydroxyl groups is 1. The fourth-order valence-corrected chi connectivity index (χ4v) is 4.25. The molecular weight excluding hydrogens is 322 g/mol. The van der Waals surface area contributed by atoms with Crippen LogP contribution in [0.25, 0.3) is 10.1 Å². The van der Waals surface area contributed by atoms with Crippen LogP contribution in [0.2, 0.25) is 0 Å². The summed E-state index contributed by atoms with van der Waals surface area (Å²) in [4.78, 5) is 14.9. The molecule has 130 valence electrons. The molecule has 24 heavy (non-hydrogen) atoms. The third-order valence-electron chi connectivity index (χ3n) is 4.37. The second kappa shape index (κ2) is 6.73. The number of benzene rings is 1. The summed E-state index contributed by atoms with van der Waals surface area (Å²) in [6, 6.07) is 10.3. The normalized spacial score (nSPS) is 17.9. The van der Waals surface area contributed by atoms with Crippen LogP contribution in [0.15, 0.2) is 30.3 Å². The Kier molecular flexibility index (Phi) is 4.83. The van der Waals surface area contributed by atoms with Crippen molar-refractivity contribution in [3.63, 3.8) is 0 Å². The smallest absolute Gasteiger partial charge is 0.410 e. The number of aliphatic hydroxyl groups excluding tert-OH is 1. The average molecular weight is 347 g/mol. The molecule has 1 atom stereocenters. The molecule has 2 heterocycles. The standard InChI is InChI=1S/C19H25NO3S/c1-19(2,3)23-18(22)20-10-8-13(9-11-20)17(21)16-12-14-6-4-5-7-15(14)24-16/h4-7,12-13,17,21H,8-11H2,1-3H3. The summed E-state index contributed by atoms with van der Waals surface area (Å²) >= 11 is 1.66. The summed E-state index contributed by atoms with van der Waals surface area (Å²) in [6.45, 7) is 6.91. The van der Waals surface area contributed by atoms with Crippen molar-refractivity contribution >= 4 is 27.5 Å². The first-order valence-corrected chi connectivity index (χ1v) is 9.29. The van der Waals surface area contributed by atoms with Crippen molar-refractivity contribution in [2.75, 3.05) is 13.1 Å². The summed E-state index contributed by atoms with van der Waals surface area (Å²) in [5.41, 5.74) is -0.468. The largest absolute Gasteiger partial charge is 0.444 e. The van der Waals surface area contributed by atoms with E-state index in [2.05, 4.69) is 18.2 Å². The van der Waals surface area contributed by atoms with Crippen LogP contribution >= 0.6 is 11.3 Å². The summed E-state index contributed by atoms with van der Waals surface area (Å²) in [7, 11) is 0. The lowest BCUT2D eigenvalue weighted by molar-refractivity contribution is 0.00810. The molecule has 3 rings (SSSR count).